The lowest BCUT2D eigenvalue weighted by Crippen LogP contribution is -2.14. The van der Waals surface area contributed by atoms with Crippen LogP contribution in [0.2, 0.25) is 0 Å². The van der Waals surface area contributed by atoms with E-state index in [1.165, 1.54) is 0 Å². The highest BCUT2D eigenvalue weighted by atomic mass is 32.2. The van der Waals surface area contributed by atoms with Crippen molar-refractivity contribution in [3.63, 3.8) is 0 Å². The topological polar surface area (TPSA) is 74.8 Å². The lowest BCUT2D eigenvalue weighted by Gasteiger charge is -2.12. The number of hydrogen-bond acceptors (Lipinski definition) is 3. The van der Waals surface area contributed by atoms with Crippen LogP contribution in [-0.2, 0) is 10.0 Å². The second kappa shape index (κ2) is 5.89. The van der Waals surface area contributed by atoms with Crippen LogP contribution < -0.4 is 4.72 Å². The predicted molar refractivity (Wildman–Crippen MR) is 90.7 cm³/mol. The Labute approximate surface area is 135 Å². The number of rotatable bonds is 4. The number of sulfonamides is 1. The molecule has 0 unspecified atom stereocenters. The molecule has 0 saturated heterocycles. The van der Waals surface area contributed by atoms with E-state index < -0.39 is 10.0 Å². The molecule has 0 aliphatic rings. The number of anilines is 1. The van der Waals surface area contributed by atoms with Gasteiger partial charge in [0.1, 0.15) is 0 Å². The molecular weight excluding hydrogens is 310 g/mol. The van der Waals surface area contributed by atoms with Crippen LogP contribution in [-0.4, -0.2) is 18.4 Å². The van der Waals surface area contributed by atoms with Crippen LogP contribution in [0.1, 0.15) is 11.1 Å². The van der Waals surface area contributed by atoms with Crippen molar-refractivity contribution in [2.24, 2.45) is 0 Å². The molecule has 118 valence electrons. The van der Waals surface area contributed by atoms with Gasteiger partial charge in [-0.05, 0) is 43.2 Å². The molecule has 3 rings (SSSR count). The Hall–Kier alpha value is -2.60. The molecule has 0 aliphatic heterocycles. The number of benzene rings is 2. The fraction of sp³-hybridized carbons (Fsp3) is 0.118. The fourth-order valence-electron chi connectivity index (χ4n) is 2.37. The van der Waals surface area contributed by atoms with E-state index in [4.69, 9.17) is 0 Å². The molecule has 0 spiro atoms. The smallest absolute Gasteiger partial charge is 0.262 e. The largest absolute Gasteiger partial charge is 0.345 e. The van der Waals surface area contributed by atoms with Crippen LogP contribution in [0.25, 0.3) is 11.3 Å². The maximum atomic E-state index is 12.6. The van der Waals surface area contributed by atoms with Crippen molar-refractivity contribution >= 4 is 15.7 Å². The number of imidazole rings is 1. The average molecular weight is 327 g/mol. The van der Waals surface area contributed by atoms with Gasteiger partial charge in [-0.3, -0.25) is 4.72 Å². The Balaban J connectivity index is 1.95. The number of nitrogens with one attached hydrogen (secondary N) is 2. The van der Waals surface area contributed by atoms with Gasteiger partial charge in [0.25, 0.3) is 10.0 Å². The number of nitrogens with zero attached hydrogens (tertiary/aromatic N) is 1. The van der Waals surface area contributed by atoms with Crippen molar-refractivity contribution in [3.05, 3.63) is 66.1 Å². The van der Waals surface area contributed by atoms with Gasteiger partial charge in [-0.15, -0.1) is 0 Å². The number of aromatic amines is 1. The van der Waals surface area contributed by atoms with Crippen molar-refractivity contribution in [2.75, 3.05) is 4.72 Å². The summed E-state index contributed by atoms with van der Waals surface area (Å²) in [7, 11) is -3.63. The molecule has 0 fully saturated rings. The Morgan fingerprint density at radius 1 is 1.09 bits per heavy atom. The van der Waals surface area contributed by atoms with E-state index in [0.29, 0.717) is 16.1 Å². The molecule has 3 aromatic rings. The monoisotopic (exact) mass is 327 g/mol. The van der Waals surface area contributed by atoms with Crippen molar-refractivity contribution in [3.8, 4) is 11.3 Å². The van der Waals surface area contributed by atoms with E-state index in [2.05, 4.69) is 14.7 Å². The first-order valence-corrected chi connectivity index (χ1v) is 8.63. The molecule has 1 aromatic heterocycles. The maximum absolute atomic E-state index is 12.6. The van der Waals surface area contributed by atoms with Gasteiger partial charge in [0.15, 0.2) is 0 Å². The van der Waals surface area contributed by atoms with E-state index >= 15 is 0 Å². The fourth-order valence-corrected chi connectivity index (χ4v) is 3.75. The van der Waals surface area contributed by atoms with Crippen LogP contribution in [0.15, 0.2) is 59.9 Å². The second-order valence-corrected chi connectivity index (χ2v) is 7.07. The normalized spacial score (nSPS) is 11.4. The minimum absolute atomic E-state index is 0.296. The number of aryl methyl sites for hydroxylation is 2. The first kappa shape index (κ1) is 15.3. The van der Waals surface area contributed by atoms with Gasteiger partial charge in [-0.25, -0.2) is 13.4 Å². The summed E-state index contributed by atoms with van der Waals surface area (Å²) >= 11 is 0. The minimum Gasteiger partial charge on any atom is -0.345 e. The van der Waals surface area contributed by atoms with Crippen LogP contribution in [0.3, 0.4) is 0 Å². The maximum Gasteiger partial charge on any atom is 0.262 e. The third-order valence-corrected chi connectivity index (χ3v) is 5.08. The first-order chi connectivity index (χ1) is 11.0. The van der Waals surface area contributed by atoms with Crippen molar-refractivity contribution in [1.29, 1.82) is 0 Å². The number of H-pyrrole nitrogens is 1. The minimum atomic E-state index is -3.63. The Kier molecular flexibility index (Phi) is 3.92. The molecule has 2 aromatic carbocycles. The Morgan fingerprint density at radius 3 is 2.65 bits per heavy atom. The molecule has 23 heavy (non-hydrogen) atoms. The highest BCUT2D eigenvalue weighted by molar-refractivity contribution is 7.92. The highest BCUT2D eigenvalue weighted by Crippen LogP contribution is 2.24. The summed E-state index contributed by atoms with van der Waals surface area (Å²) in [6.45, 7) is 3.66. The molecule has 0 bridgehead atoms. The quantitative estimate of drug-likeness (QED) is 0.770. The molecule has 2 N–H and O–H groups in total. The standard InChI is InChI=1S/C17H17N3O2S/c1-12-6-7-13(2)17(8-12)23(21,22)20-15-5-3-4-14(9-15)16-10-18-11-19-16/h3-11,20H,1-2H3,(H,18,19). The summed E-state index contributed by atoms with van der Waals surface area (Å²) in [6, 6.07) is 12.6. The number of hydrogen-bond donors (Lipinski definition) is 2. The molecule has 1 heterocycles. The Bertz CT molecular complexity index is 932. The predicted octanol–water partition coefficient (Wildman–Crippen LogP) is 3.49. The van der Waals surface area contributed by atoms with E-state index in [9.17, 15) is 8.42 Å². The average Bonchev–Trinajstić information content (AvgIpc) is 3.04. The van der Waals surface area contributed by atoms with E-state index in [0.717, 1.165) is 16.8 Å². The van der Waals surface area contributed by atoms with Gasteiger partial charge in [0, 0.05) is 11.3 Å². The summed E-state index contributed by atoms with van der Waals surface area (Å²) in [5.74, 6) is 0. The van der Waals surface area contributed by atoms with Gasteiger partial charge in [0.05, 0.1) is 23.1 Å². The van der Waals surface area contributed by atoms with Gasteiger partial charge < -0.3 is 4.98 Å². The van der Waals surface area contributed by atoms with Crippen molar-refractivity contribution in [2.45, 2.75) is 18.7 Å². The Morgan fingerprint density at radius 2 is 1.91 bits per heavy atom. The molecule has 6 heteroatoms. The second-order valence-electron chi connectivity index (χ2n) is 5.42. The van der Waals surface area contributed by atoms with Gasteiger partial charge in [-0.1, -0.05) is 24.3 Å². The first-order valence-electron chi connectivity index (χ1n) is 7.14. The van der Waals surface area contributed by atoms with Crippen LogP contribution >= 0.6 is 0 Å². The van der Waals surface area contributed by atoms with E-state index in [1.54, 1.807) is 43.7 Å². The van der Waals surface area contributed by atoms with Crippen LogP contribution in [0.5, 0.6) is 0 Å². The summed E-state index contributed by atoms with van der Waals surface area (Å²) in [4.78, 5) is 7.28. The third kappa shape index (κ3) is 3.27. The highest BCUT2D eigenvalue weighted by Gasteiger charge is 2.17. The molecule has 0 atom stereocenters. The number of aromatic nitrogens is 2. The van der Waals surface area contributed by atoms with E-state index in [1.807, 2.05) is 25.1 Å². The third-order valence-electron chi connectivity index (χ3n) is 3.56. The summed E-state index contributed by atoms with van der Waals surface area (Å²) in [6.07, 6.45) is 3.28. The van der Waals surface area contributed by atoms with Gasteiger partial charge >= 0.3 is 0 Å². The zero-order valence-corrected chi connectivity index (χ0v) is 13.7. The molecule has 0 radical (unpaired) electrons. The lowest BCUT2D eigenvalue weighted by atomic mass is 10.1. The summed E-state index contributed by atoms with van der Waals surface area (Å²) < 4.78 is 27.9. The molecule has 0 amide bonds. The zero-order valence-electron chi connectivity index (χ0n) is 12.9. The SMILES string of the molecule is Cc1ccc(C)c(S(=O)(=O)Nc2cccc(-c3cnc[nH]3)c2)c1. The van der Waals surface area contributed by atoms with Gasteiger partial charge in [0.2, 0.25) is 0 Å². The summed E-state index contributed by atoms with van der Waals surface area (Å²) in [5, 5.41) is 0. The molecular formula is C17H17N3O2S. The molecule has 0 aliphatic carbocycles. The van der Waals surface area contributed by atoms with Crippen LogP contribution in [0.4, 0.5) is 5.69 Å². The van der Waals surface area contributed by atoms with Crippen molar-refractivity contribution in [1.82, 2.24) is 9.97 Å². The summed E-state index contributed by atoms with van der Waals surface area (Å²) in [5.41, 5.74) is 3.83. The molecule has 0 saturated carbocycles. The van der Waals surface area contributed by atoms with E-state index in [-0.39, 0.29) is 0 Å². The molecule has 5 nitrogen and oxygen atoms in total. The zero-order chi connectivity index (χ0) is 16.4. The van der Waals surface area contributed by atoms with Gasteiger partial charge in [-0.2, -0.15) is 0 Å². The lowest BCUT2D eigenvalue weighted by molar-refractivity contribution is 0.600. The van der Waals surface area contributed by atoms with Crippen molar-refractivity contribution < 1.29 is 8.42 Å². The van der Waals surface area contributed by atoms with Crippen LogP contribution in [0, 0.1) is 13.8 Å².